The Morgan fingerprint density at radius 2 is 0.578 bits per heavy atom. The Hall–Kier alpha value is -11.5. The van der Waals surface area contributed by atoms with E-state index in [4.69, 9.17) is 39.9 Å². The summed E-state index contributed by atoms with van der Waals surface area (Å²) in [5, 5.41) is 8.13. The first kappa shape index (κ1) is 46.4. The SMILES string of the molecule is Cc1cccc(-c2c(-c3nc(-c4ccccc4)nc(-c4ccccc4)n3)c(-n3c4ccccc4c4cnccc43)c(-n3c4ccccc4c4cnccc43)c(-n3c4ccccc4c4cnccc43)c2-n2c3ccccc3c3cnccc32)n1. The maximum atomic E-state index is 5.80. The quantitative estimate of drug-likeness (QED) is 0.147. The standard InChI is InChI=1S/C71H44N12/c1-43-17-16-26-54(76-43)63-64(71-78-69(44-18-4-2-5-19-44)77-70(79-71)45-20-6-3-7-21-45)66(81-56-28-13-9-23-47(56)51-40-73-36-32-60(51)81)68(83-58-30-15-11-25-49(58)53-42-75-38-34-62(53)83)67(82-57-29-14-10-24-48(57)52-41-74-37-33-61(52)82)65(63)80-55-27-12-8-22-46(55)50-39-72-35-31-59(50)80/h2-42H,1H3. The lowest BCUT2D eigenvalue weighted by Crippen LogP contribution is -2.17. The molecule has 0 aliphatic heterocycles. The van der Waals surface area contributed by atoms with Gasteiger partial charge in [0.15, 0.2) is 17.5 Å². The average molecular weight is 1070 g/mol. The summed E-state index contributed by atoms with van der Waals surface area (Å²) in [6, 6.07) is 69.8. The smallest absolute Gasteiger partial charge is 0.167 e. The second kappa shape index (κ2) is 18.3. The van der Waals surface area contributed by atoms with Gasteiger partial charge in [-0.1, -0.05) is 140 Å². The molecule has 12 heteroatoms. The van der Waals surface area contributed by atoms with Crippen LogP contribution in [0, 0.1) is 6.92 Å². The zero-order valence-corrected chi connectivity index (χ0v) is 44.5. The van der Waals surface area contributed by atoms with Crippen LogP contribution in [0.3, 0.4) is 0 Å². The van der Waals surface area contributed by atoms with Crippen molar-refractivity contribution in [2.45, 2.75) is 6.92 Å². The van der Waals surface area contributed by atoms with Crippen LogP contribution in [0.4, 0.5) is 0 Å². The normalized spacial score (nSPS) is 11.9. The summed E-state index contributed by atoms with van der Waals surface area (Å²) in [7, 11) is 0. The molecule has 0 atom stereocenters. The van der Waals surface area contributed by atoms with Crippen molar-refractivity contribution in [2.24, 2.45) is 0 Å². The minimum atomic E-state index is 0.441. The molecule has 0 N–H and O–H groups in total. The summed E-state index contributed by atoms with van der Waals surface area (Å²) >= 11 is 0. The van der Waals surface area contributed by atoms with Crippen LogP contribution in [0.15, 0.2) is 250 Å². The maximum Gasteiger partial charge on any atom is 0.167 e. The number of nitrogens with zero attached hydrogens (tertiary/aromatic N) is 12. The summed E-state index contributed by atoms with van der Waals surface area (Å²) < 4.78 is 9.77. The molecule has 0 saturated carbocycles. The van der Waals surface area contributed by atoms with Crippen molar-refractivity contribution in [1.29, 1.82) is 0 Å². The summed E-state index contributed by atoms with van der Waals surface area (Å²) in [6.45, 7) is 2.06. The molecule has 0 bridgehead atoms. The average Bonchev–Trinajstić information content (AvgIpc) is 2.32. The molecule has 17 aromatic rings. The molecule has 17 rings (SSSR count). The number of fused-ring (bicyclic) bond motifs is 12. The first-order valence-corrected chi connectivity index (χ1v) is 27.6. The number of hydrogen-bond donors (Lipinski definition) is 0. The van der Waals surface area contributed by atoms with Crippen LogP contribution in [0.1, 0.15) is 5.69 Å². The number of benzene rings is 7. The lowest BCUT2D eigenvalue weighted by molar-refractivity contribution is 1.01. The molecular weight excluding hydrogens is 1020 g/mol. The van der Waals surface area contributed by atoms with E-state index in [-0.39, 0.29) is 0 Å². The first-order chi connectivity index (χ1) is 41.2. The van der Waals surface area contributed by atoms with Gasteiger partial charge in [0.1, 0.15) is 0 Å². The van der Waals surface area contributed by atoms with E-state index in [0.717, 1.165) is 138 Å². The minimum Gasteiger partial charge on any atom is -0.306 e. The fourth-order valence-corrected chi connectivity index (χ4v) is 12.9. The van der Waals surface area contributed by atoms with E-state index < -0.39 is 0 Å². The third-order valence-electron chi connectivity index (χ3n) is 16.3. The van der Waals surface area contributed by atoms with E-state index in [1.54, 1.807) is 0 Å². The van der Waals surface area contributed by atoms with E-state index in [0.29, 0.717) is 23.2 Å². The Balaban J connectivity index is 1.26. The molecule has 7 aromatic carbocycles. The predicted octanol–water partition coefficient (Wildman–Crippen LogP) is 16.2. The Bertz CT molecular complexity index is 5210. The highest BCUT2D eigenvalue weighted by molar-refractivity contribution is 6.18. The van der Waals surface area contributed by atoms with Gasteiger partial charge in [0.05, 0.1) is 78.1 Å². The predicted molar refractivity (Wildman–Crippen MR) is 333 cm³/mol. The van der Waals surface area contributed by atoms with Crippen molar-refractivity contribution in [3.05, 3.63) is 255 Å². The van der Waals surface area contributed by atoms with Crippen LogP contribution in [-0.4, -0.2) is 58.1 Å². The molecule has 10 aromatic heterocycles. The number of hydrogen-bond acceptors (Lipinski definition) is 8. The highest BCUT2D eigenvalue weighted by Gasteiger charge is 2.37. The van der Waals surface area contributed by atoms with Crippen LogP contribution >= 0.6 is 0 Å². The third kappa shape index (κ3) is 6.93. The largest absolute Gasteiger partial charge is 0.306 e. The lowest BCUT2D eigenvalue weighted by Gasteiger charge is -2.30. The zero-order valence-electron chi connectivity index (χ0n) is 44.5. The molecule has 0 unspecified atom stereocenters. The van der Waals surface area contributed by atoms with E-state index in [9.17, 15) is 0 Å². The fraction of sp³-hybridized carbons (Fsp3) is 0.0141. The molecule has 388 valence electrons. The molecule has 83 heavy (non-hydrogen) atoms. The van der Waals surface area contributed by atoms with Gasteiger partial charge in [0.2, 0.25) is 0 Å². The number of rotatable bonds is 8. The monoisotopic (exact) mass is 1060 g/mol. The highest BCUT2D eigenvalue weighted by atomic mass is 15.2. The number of aryl methyl sites for hydroxylation is 1. The topological polar surface area (TPSA) is 123 Å². The third-order valence-corrected chi connectivity index (χ3v) is 16.3. The fourth-order valence-electron chi connectivity index (χ4n) is 12.9. The minimum absolute atomic E-state index is 0.441. The molecule has 0 amide bonds. The molecule has 0 saturated heterocycles. The molecule has 0 spiro atoms. The molecular formula is C71H44N12. The van der Waals surface area contributed by atoms with Crippen molar-refractivity contribution >= 4 is 87.2 Å². The first-order valence-electron chi connectivity index (χ1n) is 27.6. The van der Waals surface area contributed by atoms with Crippen LogP contribution in [-0.2, 0) is 0 Å². The summed E-state index contributed by atoms with van der Waals surface area (Å²) in [5.41, 5.74) is 15.7. The van der Waals surface area contributed by atoms with Gasteiger partial charge in [0, 0.05) is 115 Å². The highest BCUT2D eigenvalue weighted by Crippen LogP contribution is 2.54. The molecule has 0 aliphatic rings. The number of aromatic nitrogens is 12. The van der Waals surface area contributed by atoms with Crippen molar-refractivity contribution in [2.75, 3.05) is 0 Å². The van der Waals surface area contributed by atoms with E-state index in [1.165, 1.54) is 0 Å². The van der Waals surface area contributed by atoms with Crippen LogP contribution in [0.2, 0.25) is 0 Å². The molecule has 0 aliphatic carbocycles. The number of pyridine rings is 5. The lowest BCUT2D eigenvalue weighted by atomic mass is 9.93. The van der Waals surface area contributed by atoms with Crippen LogP contribution < -0.4 is 0 Å². The zero-order chi connectivity index (χ0) is 54.7. The van der Waals surface area contributed by atoms with Crippen molar-refractivity contribution in [1.82, 2.24) is 58.1 Å². The van der Waals surface area contributed by atoms with Gasteiger partial charge in [-0.2, -0.15) is 0 Å². The Kier molecular flexibility index (Phi) is 10.2. The van der Waals surface area contributed by atoms with E-state index in [1.807, 2.05) is 86.0 Å². The van der Waals surface area contributed by atoms with Gasteiger partial charge in [-0.25, -0.2) is 15.0 Å². The van der Waals surface area contributed by atoms with E-state index >= 15 is 0 Å². The molecule has 10 heterocycles. The van der Waals surface area contributed by atoms with Gasteiger partial charge in [-0.05, 0) is 67.6 Å². The summed E-state index contributed by atoms with van der Waals surface area (Å²) in [4.78, 5) is 41.9. The molecule has 0 fully saturated rings. The van der Waals surface area contributed by atoms with Crippen LogP contribution in [0.5, 0.6) is 0 Å². The Morgan fingerprint density at radius 1 is 0.253 bits per heavy atom. The summed E-state index contributed by atoms with van der Waals surface area (Å²) in [5.74, 6) is 1.47. The van der Waals surface area contributed by atoms with Gasteiger partial charge >= 0.3 is 0 Å². The Morgan fingerprint density at radius 3 is 0.964 bits per heavy atom. The van der Waals surface area contributed by atoms with E-state index in [2.05, 4.69) is 189 Å². The number of para-hydroxylation sites is 4. The van der Waals surface area contributed by atoms with Gasteiger partial charge in [-0.3, -0.25) is 24.9 Å². The van der Waals surface area contributed by atoms with Crippen molar-refractivity contribution in [3.63, 3.8) is 0 Å². The van der Waals surface area contributed by atoms with Crippen molar-refractivity contribution in [3.8, 4) is 68.2 Å². The van der Waals surface area contributed by atoms with Gasteiger partial charge in [-0.15, -0.1) is 0 Å². The van der Waals surface area contributed by atoms with Crippen LogP contribution in [0.25, 0.3) is 155 Å². The van der Waals surface area contributed by atoms with Gasteiger partial charge in [0.25, 0.3) is 0 Å². The maximum absolute atomic E-state index is 5.80. The Labute approximate surface area is 473 Å². The molecule has 0 radical (unpaired) electrons. The second-order valence-electron chi connectivity index (χ2n) is 20.8. The van der Waals surface area contributed by atoms with Gasteiger partial charge < -0.3 is 18.3 Å². The second-order valence-corrected chi connectivity index (χ2v) is 20.8. The summed E-state index contributed by atoms with van der Waals surface area (Å²) in [6.07, 6.45) is 15.5. The molecule has 12 nitrogen and oxygen atoms in total. The van der Waals surface area contributed by atoms with Crippen molar-refractivity contribution < 1.29 is 0 Å².